The molecule has 3 rings (SSSR count). The van der Waals surface area contributed by atoms with Crippen LogP contribution in [0.2, 0.25) is 5.15 Å². The van der Waals surface area contributed by atoms with E-state index in [1.165, 1.54) is 12.8 Å². The third kappa shape index (κ3) is 2.19. The van der Waals surface area contributed by atoms with Crippen LogP contribution >= 0.6 is 11.6 Å². The zero-order chi connectivity index (χ0) is 11.8. The Hall–Kier alpha value is -1.02. The lowest BCUT2D eigenvalue weighted by Gasteiger charge is -2.19. The van der Waals surface area contributed by atoms with Crippen LogP contribution in [-0.4, -0.2) is 11.5 Å². The first kappa shape index (κ1) is 11.1. The molecule has 2 aliphatic carbocycles. The van der Waals surface area contributed by atoms with Crippen molar-refractivity contribution in [2.45, 2.75) is 19.8 Å². The number of nitrogens with zero attached hydrogens (tertiary/aromatic N) is 1. The van der Waals surface area contributed by atoms with Crippen LogP contribution in [0.3, 0.4) is 0 Å². The van der Waals surface area contributed by atoms with Gasteiger partial charge in [0.15, 0.2) is 0 Å². The van der Waals surface area contributed by atoms with E-state index < -0.39 is 0 Å². The molecule has 2 bridgehead atoms. The number of halogens is 1. The van der Waals surface area contributed by atoms with Gasteiger partial charge in [0.25, 0.3) is 0 Å². The van der Waals surface area contributed by atoms with Gasteiger partial charge in [0.05, 0.1) is 11.4 Å². The van der Waals surface area contributed by atoms with Gasteiger partial charge in [-0.2, -0.15) is 0 Å². The van der Waals surface area contributed by atoms with E-state index in [0.29, 0.717) is 5.15 Å². The van der Waals surface area contributed by atoms with Gasteiger partial charge < -0.3 is 5.32 Å². The highest BCUT2D eigenvalue weighted by Gasteiger charge is 2.35. The fourth-order valence-electron chi connectivity index (χ4n) is 3.09. The number of nitrogens with one attached hydrogen (secondary N) is 1. The van der Waals surface area contributed by atoms with Gasteiger partial charge in [0.1, 0.15) is 5.15 Å². The lowest BCUT2D eigenvalue weighted by molar-refractivity contribution is 0.472. The van der Waals surface area contributed by atoms with Gasteiger partial charge in [0.2, 0.25) is 0 Å². The highest BCUT2D eigenvalue weighted by atomic mass is 35.5. The average molecular weight is 249 g/mol. The molecule has 1 saturated carbocycles. The van der Waals surface area contributed by atoms with Gasteiger partial charge in [-0.3, -0.25) is 0 Å². The van der Waals surface area contributed by atoms with Crippen molar-refractivity contribution in [3.63, 3.8) is 0 Å². The minimum atomic E-state index is 0.566. The third-order valence-corrected chi connectivity index (χ3v) is 4.23. The van der Waals surface area contributed by atoms with Crippen LogP contribution in [0.25, 0.3) is 0 Å². The van der Waals surface area contributed by atoms with Gasteiger partial charge in [-0.15, -0.1) is 0 Å². The number of aromatic nitrogens is 1. The molecule has 0 spiro atoms. The van der Waals surface area contributed by atoms with Gasteiger partial charge in [0, 0.05) is 6.54 Å². The first-order chi connectivity index (χ1) is 8.22. The summed E-state index contributed by atoms with van der Waals surface area (Å²) in [7, 11) is 0. The van der Waals surface area contributed by atoms with Crippen molar-refractivity contribution in [2.75, 3.05) is 11.9 Å². The van der Waals surface area contributed by atoms with Crippen molar-refractivity contribution < 1.29 is 0 Å². The topological polar surface area (TPSA) is 24.9 Å². The lowest BCUT2D eigenvalue weighted by atomic mass is 9.93. The molecule has 1 fully saturated rings. The van der Waals surface area contributed by atoms with Crippen molar-refractivity contribution in [2.24, 2.45) is 17.8 Å². The minimum Gasteiger partial charge on any atom is -0.383 e. The molecular formula is C14H17ClN2. The van der Waals surface area contributed by atoms with E-state index in [4.69, 9.17) is 11.6 Å². The molecule has 17 heavy (non-hydrogen) atoms. The first-order valence-electron chi connectivity index (χ1n) is 6.28. The second kappa shape index (κ2) is 4.34. The highest BCUT2D eigenvalue weighted by molar-refractivity contribution is 6.29. The van der Waals surface area contributed by atoms with Crippen LogP contribution in [0.15, 0.2) is 24.3 Å². The predicted molar refractivity (Wildman–Crippen MR) is 71.3 cm³/mol. The summed E-state index contributed by atoms with van der Waals surface area (Å²) in [5, 5.41) is 4.08. The summed E-state index contributed by atoms with van der Waals surface area (Å²) in [4.78, 5) is 4.26. The Morgan fingerprint density at radius 3 is 2.88 bits per heavy atom. The van der Waals surface area contributed by atoms with Crippen molar-refractivity contribution >= 4 is 17.3 Å². The number of hydrogen-bond acceptors (Lipinski definition) is 2. The second-order valence-electron chi connectivity index (χ2n) is 5.19. The Morgan fingerprint density at radius 1 is 1.35 bits per heavy atom. The van der Waals surface area contributed by atoms with E-state index in [-0.39, 0.29) is 0 Å². The molecule has 1 aromatic heterocycles. The van der Waals surface area contributed by atoms with Gasteiger partial charge in [-0.25, -0.2) is 4.98 Å². The average Bonchev–Trinajstić information content (AvgIpc) is 2.89. The Balaban J connectivity index is 1.62. The second-order valence-corrected chi connectivity index (χ2v) is 5.58. The largest absolute Gasteiger partial charge is 0.383 e. The van der Waals surface area contributed by atoms with Crippen molar-refractivity contribution in [3.8, 4) is 0 Å². The molecule has 3 unspecified atom stereocenters. The molecule has 1 aromatic rings. The van der Waals surface area contributed by atoms with Crippen molar-refractivity contribution in [1.29, 1.82) is 0 Å². The molecule has 0 amide bonds. The molecule has 1 N–H and O–H groups in total. The summed E-state index contributed by atoms with van der Waals surface area (Å²) in [6.07, 6.45) is 7.49. The molecule has 3 heteroatoms. The van der Waals surface area contributed by atoms with Crippen LogP contribution < -0.4 is 5.32 Å². The molecule has 0 aliphatic heterocycles. The number of rotatable bonds is 3. The van der Waals surface area contributed by atoms with E-state index in [9.17, 15) is 0 Å². The molecule has 0 saturated heterocycles. The Labute approximate surface area is 107 Å². The van der Waals surface area contributed by atoms with Crippen LogP contribution in [0.1, 0.15) is 18.5 Å². The maximum atomic E-state index is 5.85. The van der Waals surface area contributed by atoms with Crippen molar-refractivity contribution in [1.82, 2.24) is 4.98 Å². The fourth-order valence-corrected chi connectivity index (χ4v) is 3.28. The summed E-state index contributed by atoms with van der Waals surface area (Å²) in [5.41, 5.74) is 2.09. The van der Waals surface area contributed by atoms with Crippen LogP contribution in [0.5, 0.6) is 0 Å². The number of anilines is 1. The van der Waals surface area contributed by atoms with Crippen LogP contribution in [0, 0.1) is 24.7 Å². The number of fused-ring (bicyclic) bond motifs is 2. The molecule has 2 nitrogen and oxygen atoms in total. The van der Waals surface area contributed by atoms with Gasteiger partial charge in [-0.05, 0) is 49.7 Å². The summed E-state index contributed by atoms with van der Waals surface area (Å²) in [6, 6.07) is 3.87. The molecule has 1 heterocycles. The summed E-state index contributed by atoms with van der Waals surface area (Å²) in [5.74, 6) is 2.43. The SMILES string of the molecule is Cc1nc(Cl)ccc1NCC1CC2C=CC1C2. The minimum absolute atomic E-state index is 0.566. The standard InChI is InChI=1S/C14H17ClN2/c1-9-13(4-5-14(15)17-9)16-8-12-7-10-2-3-11(12)6-10/h2-5,10-12,16H,6-8H2,1H3. The molecule has 0 radical (unpaired) electrons. The maximum Gasteiger partial charge on any atom is 0.129 e. The number of pyridine rings is 1. The zero-order valence-electron chi connectivity index (χ0n) is 9.99. The molecule has 2 aliphatic rings. The first-order valence-corrected chi connectivity index (χ1v) is 6.65. The molecule has 0 aromatic carbocycles. The summed E-state index contributed by atoms with van der Waals surface area (Å²) in [6.45, 7) is 3.05. The van der Waals surface area contributed by atoms with E-state index in [2.05, 4.69) is 22.5 Å². The van der Waals surface area contributed by atoms with Crippen LogP contribution in [0.4, 0.5) is 5.69 Å². The number of allylic oxidation sites excluding steroid dienone is 2. The lowest BCUT2D eigenvalue weighted by Crippen LogP contribution is -2.18. The smallest absolute Gasteiger partial charge is 0.129 e. The van der Waals surface area contributed by atoms with Crippen molar-refractivity contribution in [3.05, 3.63) is 35.1 Å². The van der Waals surface area contributed by atoms with E-state index >= 15 is 0 Å². The van der Waals surface area contributed by atoms with E-state index in [1.54, 1.807) is 0 Å². The normalized spacial score (nSPS) is 29.9. The molecular weight excluding hydrogens is 232 g/mol. The molecule has 3 atom stereocenters. The molecule has 90 valence electrons. The summed E-state index contributed by atoms with van der Waals surface area (Å²) >= 11 is 5.85. The monoisotopic (exact) mass is 248 g/mol. The number of hydrogen-bond donors (Lipinski definition) is 1. The van der Waals surface area contributed by atoms with Gasteiger partial charge in [-0.1, -0.05) is 23.8 Å². The fraction of sp³-hybridized carbons (Fsp3) is 0.500. The van der Waals surface area contributed by atoms with Crippen LogP contribution in [-0.2, 0) is 0 Å². The van der Waals surface area contributed by atoms with E-state index in [1.807, 2.05) is 19.1 Å². The number of aryl methyl sites for hydroxylation is 1. The zero-order valence-corrected chi connectivity index (χ0v) is 10.7. The highest BCUT2D eigenvalue weighted by Crippen LogP contribution is 2.43. The van der Waals surface area contributed by atoms with E-state index in [0.717, 1.165) is 35.7 Å². The quantitative estimate of drug-likeness (QED) is 0.652. The Kier molecular flexibility index (Phi) is 2.83. The Morgan fingerprint density at radius 2 is 2.24 bits per heavy atom. The summed E-state index contributed by atoms with van der Waals surface area (Å²) < 4.78 is 0. The predicted octanol–water partition coefficient (Wildman–Crippen LogP) is 3.67. The maximum absolute atomic E-state index is 5.85. The van der Waals surface area contributed by atoms with Gasteiger partial charge >= 0.3 is 0 Å². The third-order valence-electron chi connectivity index (χ3n) is 4.02. The Bertz CT molecular complexity index is 456.